The fourth-order valence-corrected chi connectivity index (χ4v) is 4.67. The molecule has 0 unspecified atom stereocenters. The van der Waals surface area contributed by atoms with Gasteiger partial charge in [0.05, 0.1) is 16.6 Å². The molecule has 0 atom stereocenters. The largest absolute Gasteiger partial charge is 0.407 e. The van der Waals surface area contributed by atoms with Crippen molar-refractivity contribution in [3.05, 3.63) is 66.1 Å². The number of amides is 1. The highest BCUT2D eigenvalue weighted by molar-refractivity contribution is 7.99. The average molecular weight is 460 g/mol. The van der Waals surface area contributed by atoms with Gasteiger partial charge in [-0.05, 0) is 55.9 Å². The zero-order chi connectivity index (χ0) is 22.3. The van der Waals surface area contributed by atoms with E-state index in [1.807, 2.05) is 30.3 Å². The predicted octanol–water partition coefficient (Wildman–Crippen LogP) is 4.35. The van der Waals surface area contributed by atoms with E-state index in [1.165, 1.54) is 4.90 Å². The normalized spacial score (nSPS) is 11.6. The van der Waals surface area contributed by atoms with Crippen LogP contribution >= 0.6 is 11.8 Å². The van der Waals surface area contributed by atoms with E-state index in [2.05, 4.69) is 15.5 Å². The van der Waals surface area contributed by atoms with Crippen LogP contribution in [0.1, 0.15) is 38.1 Å². The monoisotopic (exact) mass is 459 g/mol. The third-order valence-electron chi connectivity index (χ3n) is 4.50. The van der Waals surface area contributed by atoms with Crippen LogP contribution in [0.4, 0.5) is 6.01 Å². The van der Waals surface area contributed by atoms with Crippen molar-refractivity contribution in [3.8, 4) is 0 Å². The number of nitrogens with zero attached hydrogens (tertiary/aromatic N) is 2. The first-order chi connectivity index (χ1) is 14.8. The number of hydrogen-bond donors (Lipinski definition) is 1. The molecule has 3 rings (SSSR count). The Morgan fingerprint density at radius 1 is 1.06 bits per heavy atom. The number of hydrogen-bond acceptors (Lipinski definition) is 7. The van der Waals surface area contributed by atoms with Gasteiger partial charge in [0.25, 0.3) is 0 Å². The second-order valence-corrected chi connectivity index (χ2v) is 10.9. The molecule has 1 aromatic heterocycles. The highest BCUT2D eigenvalue weighted by atomic mass is 32.2. The lowest BCUT2D eigenvalue weighted by Gasteiger charge is -2.08. The van der Waals surface area contributed by atoms with Crippen LogP contribution in [0.5, 0.6) is 0 Å². The van der Waals surface area contributed by atoms with E-state index in [9.17, 15) is 13.2 Å². The van der Waals surface area contributed by atoms with Crippen LogP contribution in [-0.4, -0.2) is 35.5 Å². The lowest BCUT2D eigenvalue weighted by atomic mass is 10.1. The maximum absolute atomic E-state index is 12.2. The molecule has 1 N–H and O–H groups in total. The molecule has 0 aliphatic rings. The number of benzene rings is 2. The summed E-state index contributed by atoms with van der Waals surface area (Å²) in [6.07, 6.45) is 1.44. The minimum absolute atomic E-state index is 0.0646. The summed E-state index contributed by atoms with van der Waals surface area (Å²) in [6, 6.07) is 16.7. The minimum atomic E-state index is -3.30. The number of carbonyl (C=O) groups is 1. The van der Waals surface area contributed by atoms with Gasteiger partial charge in [-0.25, -0.2) is 8.42 Å². The SMILES string of the molecule is CC(C)S(=O)(=O)c1ccc(Cc2nnc(NC(=O)CCCSc3ccccc3)o2)cc1. The van der Waals surface area contributed by atoms with Gasteiger partial charge in [-0.3, -0.25) is 10.1 Å². The van der Waals surface area contributed by atoms with E-state index >= 15 is 0 Å². The van der Waals surface area contributed by atoms with Gasteiger partial charge < -0.3 is 4.42 Å². The fourth-order valence-electron chi connectivity index (χ4n) is 2.74. The Kier molecular flexibility index (Phi) is 7.86. The maximum Gasteiger partial charge on any atom is 0.322 e. The average Bonchev–Trinajstić information content (AvgIpc) is 3.19. The summed E-state index contributed by atoms with van der Waals surface area (Å²) in [5.41, 5.74) is 0.835. The van der Waals surface area contributed by atoms with E-state index < -0.39 is 15.1 Å². The van der Waals surface area contributed by atoms with Gasteiger partial charge in [0, 0.05) is 11.3 Å². The van der Waals surface area contributed by atoms with Gasteiger partial charge >= 0.3 is 6.01 Å². The topological polar surface area (TPSA) is 102 Å². The molecule has 1 heterocycles. The second-order valence-electron chi connectivity index (χ2n) is 7.23. The molecule has 164 valence electrons. The Morgan fingerprint density at radius 3 is 2.45 bits per heavy atom. The van der Waals surface area contributed by atoms with Crippen molar-refractivity contribution in [1.82, 2.24) is 10.2 Å². The molecule has 0 saturated heterocycles. The molecule has 0 bridgehead atoms. The first-order valence-electron chi connectivity index (χ1n) is 9.97. The number of carbonyl (C=O) groups excluding carboxylic acids is 1. The van der Waals surface area contributed by atoms with Crippen LogP contribution in [0.2, 0.25) is 0 Å². The van der Waals surface area contributed by atoms with Crippen molar-refractivity contribution >= 4 is 33.5 Å². The first kappa shape index (κ1) is 23.0. The second kappa shape index (κ2) is 10.6. The molecule has 2 aromatic carbocycles. The van der Waals surface area contributed by atoms with E-state index in [0.717, 1.165) is 17.7 Å². The molecule has 0 spiro atoms. The van der Waals surface area contributed by atoms with E-state index in [4.69, 9.17) is 4.42 Å². The van der Waals surface area contributed by atoms with E-state index in [-0.39, 0.29) is 16.8 Å². The molecule has 0 aliphatic carbocycles. The van der Waals surface area contributed by atoms with Crippen LogP contribution in [0.15, 0.2) is 68.8 Å². The van der Waals surface area contributed by atoms with Crippen LogP contribution in [0.25, 0.3) is 0 Å². The lowest BCUT2D eigenvalue weighted by Crippen LogP contribution is -2.13. The summed E-state index contributed by atoms with van der Waals surface area (Å²) >= 11 is 1.71. The molecular weight excluding hydrogens is 434 g/mol. The third kappa shape index (κ3) is 6.67. The molecule has 0 aliphatic heterocycles. The number of thioether (sulfide) groups is 1. The number of anilines is 1. The molecule has 1 amide bonds. The Morgan fingerprint density at radius 2 is 1.77 bits per heavy atom. The van der Waals surface area contributed by atoms with Gasteiger partial charge in [-0.2, -0.15) is 0 Å². The van der Waals surface area contributed by atoms with Crippen LogP contribution < -0.4 is 5.32 Å². The Labute approximate surface area is 186 Å². The smallest absolute Gasteiger partial charge is 0.322 e. The fraction of sp³-hybridized carbons (Fsp3) is 0.318. The molecule has 0 saturated carbocycles. The van der Waals surface area contributed by atoms with Crippen LogP contribution in [0.3, 0.4) is 0 Å². The van der Waals surface area contributed by atoms with E-state index in [1.54, 1.807) is 49.9 Å². The summed E-state index contributed by atoms with van der Waals surface area (Å²) in [7, 11) is -3.30. The van der Waals surface area contributed by atoms with Gasteiger partial charge in [0.15, 0.2) is 9.84 Å². The summed E-state index contributed by atoms with van der Waals surface area (Å²) in [5.74, 6) is 1.01. The molecule has 0 fully saturated rings. The predicted molar refractivity (Wildman–Crippen MR) is 121 cm³/mol. The summed E-state index contributed by atoms with van der Waals surface area (Å²) in [5, 5.41) is 9.95. The van der Waals surface area contributed by atoms with Crippen molar-refractivity contribution in [2.75, 3.05) is 11.1 Å². The minimum Gasteiger partial charge on any atom is -0.407 e. The zero-order valence-electron chi connectivity index (χ0n) is 17.4. The highest BCUT2D eigenvalue weighted by Crippen LogP contribution is 2.20. The molecular formula is C22H25N3O4S2. The summed E-state index contributed by atoms with van der Waals surface area (Å²) in [4.78, 5) is 13.5. The third-order valence-corrected chi connectivity index (χ3v) is 7.77. The van der Waals surface area contributed by atoms with Gasteiger partial charge in [-0.15, -0.1) is 16.9 Å². The van der Waals surface area contributed by atoms with Crippen LogP contribution in [-0.2, 0) is 21.1 Å². The van der Waals surface area contributed by atoms with E-state index in [0.29, 0.717) is 18.7 Å². The Bertz CT molecular complexity index is 1100. The van der Waals surface area contributed by atoms with Crippen molar-refractivity contribution in [3.63, 3.8) is 0 Å². The quantitative estimate of drug-likeness (QED) is 0.355. The van der Waals surface area contributed by atoms with Gasteiger partial charge in [0.2, 0.25) is 11.8 Å². The van der Waals surface area contributed by atoms with Crippen molar-refractivity contribution in [1.29, 1.82) is 0 Å². The molecule has 3 aromatic rings. The lowest BCUT2D eigenvalue weighted by molar-refractivity contribution is -0.116. The van der Waals surface area contributed by atoms with Crippen molar-refractivity contribution < 1.29 is 17.6 Å². The zero-order valence-corrected chi connectivity index (χ0v) is 19.1. The molecule has 9 heteroatoms. The molecule has 7 nitrogen and oxygen atoms in total. The summed E-state index contributed by atoms with van der Waals surface area (Å²) < 4.78 is 29.9. The number of rotatable bonds is 10. The Balaban J connectivity index is 1.46. The number of aromatic nitrogens is 2. The number of sulfone groups is 1. The van der Waals surface area contributed by atoms with Crippen LogP contribution in [0, 0.1) is 0 Å². The standard InChI is InChI=1S/C22H25N3O4S2/c1-16(2)31(27,28)19-12-10-17(11-13-19)15-21-24-25-22(29-21)23-20(26)9-6-14-30-18-7-4-3-5-8-18/h3-5,7-8,10-13,16H,6,9,14-15H2,1-2H3,(H,23,25,26). The summed E-state index contributed by atoms with van der Waals surface area (Å²) in [6.45, 7) is 3.30. The Hall–Kier alpha value is -2.65. The first-order valence-corrected chi connectivity index (χ1v) is 12.5. The van der Waals surface area contributed by atoms with Gasteiger partial charge in [-0.1, -0.05) is 35.4 Å². The maximum atomic E-state index is 12.2. The molecule has 31 heavy (non-hydrogen) atoms. The highest BCUT2D eigenvalue weighted by Gasteiger charge is 2.19. The van der Waals surface area contributed by atoms with Crippen molar-refractivity contribution in [2.24, 2.45) is 0 Å². The van der Waals surface area contributed by atoms with Gasteiger partial charge in [0.1, 0.15) is 0 Å². The van der Waals surface area contributed by atoms with Crippen molar-refractivity contribution in [2.45, 2.75) is 48.2 Å². The number of nitrogens with one attached hydrogen (secondary N) is 1. The molecule has 0 radical (unpaired) electrons.